The van der Waals surface area contributed by atoms with E-state index in [-0.39, 0.29) is 24.0 Å². The number of benzene rings is 1. The molecule has 0 spiro atoms. The van der Waals surface area contributed by atoms with Gasteiger partial charge in [0.05, 0.1) is 18.3 Å². The van der Waals surface area contributed by atoms with Crippen molar-refractivity contribution in [2.24, 2.45) is 5.92 Å². The predicted molar refractivity (Wildman–Crippen MR) is 135 cm³/mol. The average Bonchev–Trinajstić information content (AvgIpc) is 3.60. The molecule has 3 aliphatic heterocycles. The largest absolute Gasteiger partial charge is 0.376 e. The molecule has 2 aromatic heterocycles. The average molecular weight is 491 g/mol. The molecule has 0 saturated carbocycles. The standard InChI is InChI=1S/C27H30N4O3S/c32-25-27(24-9-3-4-12-28-24,29-26(33)31(25)17-21-7-5-15-34-21)20-10-13-30(14-11-20)18-22-16-19-6-1-2-8-23(19)35-22/h1-4,6,8-9,12,16,20-21H,5,7,10-11,13-15,17-18H2,(H,29,33)/t21-,27-/m1/s1. The summed E-state index contributed by atoms with van der Waals surface area (Å²) >= 11 is 1.85. The summed E-state index contributed by atoms with van der Waals surface area (Å²) in [4.78, 5) is 36.8. The quantitative estimate of drug-likeness (QED) is 0.526. The molecule has 2 atom stereocenters. The number of ether oxygens (including phenoxy) is 1. The van der Waals surface area contributed by atoms with Gasteiger partial charge in [0.1, 0.15) is 0 Å². The van der Waals surface area contributed by atoms with E-state index >= 15 is 0 Å². The van der Waals surface area contributed by atoms with Gasteiger partial charge in [-0.2, -0.15) is 0 Å². The summed E-state index contributed by atoms with van der Waals surface area (Å²) in [6, 6.07) is 16.1. The molecule has 1 aromatic carbocycles. The molecule has 5 heterocycles. The van der Waals surface area contributed by atoms with Crippen molar-refractivity contribution in [1.82, 2.24) is 20.1 Å². The van der Waals surface area contributed by atoms with E-state index in [1.54, 1.807) is 6.20 Å². The van der Waals surface area contributed by atoms with Crippen LogP contribution in [0.3, 0.4) is 0 Å². The molecule has 6 rings (SSSR count). The van der Waals surface area contributed by atoms with E-state index in [2.05, 4.69) is 45.5 Å². The normalized spacial score (nSPS) is 26.1. The Labute approximate surface area is 209 Å². The number of fused-ring (bicyclic) bond motifs is 1. The number of nitrogens with zero attached hydrogens (tertiary/aromatic N) is 3. The monoisotopic (exact) mass is 490 g/mol. The van der Waals surface area contributed by atoms with Crippen molar-refractivity contribution >= 4 is 33.4 Å². The Morgan fingerprint density at radius 2 is 1.91 bits per heavy atom. The highest BCUT2D eigenvalue weighted by atomic mass is 32.1. The minimum atomic E-state index is -1.11. The fourth-order valence-corrected chi connectivity index (χ4v) is 6.97. The van der Waals surface area contributed by atoms with Crippen molar-refractivity contribution in [2.45, 2.75) is 43.9 Å². The maximum atomic E-state index is 13.9. The molecule has 0 bridgehead atoms. The first-order valence-corrected chi connectivity index (χ1v) is 13.3. The highest BCUT2D eigenvalue weighted by Crippen LogP contribution is 2.41. The lowest BCUT2D eigenvalue weighted by Crippen LogP contribution is -2.54. The molecule has 3 aliphatic rings. The number of nitrogens with one attached hydrogen (secondary N) is 1. The zero-order chi connectivity index (χ0) is 23.8. The number of hydrogen-bond donors (Lipinski definition) is 1. The summed E-state index contributed by atoms with van der Waals surface area (Å²) in [6.45, 7) is 3.67. The highest BCUT2D eigenvalue weighted by molar-refractivity contribution is 7.19. The summed E-state index contributed by atoms with van der Waals surface area (Å²) < 4.78 is 7.04. The summed E-state index contributed by atoms with van der Waals surface area (Å²) in [5, 5.41) is 4.41. The minimum absolute atomic E-state index is 0.0120. The summed E-state index contributed by atoms with van der Waals surface area (Å²) in [6.07, 6.45) is 5.12. The topological polar surface area (TPSA) is 74.8 Å². The summed E-state index contributed by atoms with van der Waals surface area (Å²) in [5.41, 5.74) is -0.475. The Balaban J connectivity index is 1.21. The van der Waals surface area contributed by atoms with E-state index in [4.69, 9.17) is 4.74 Å². The number of amides is 3. The molecule has 7 nitrogen and oxygen atoms in total. The second kappa shape index (κ2) is 9.33. The zero-order valence-corrected chi connectivity index (χ0v) is 20.5. The summed E-state index contributed by atoms with van der Waals surface area (Å²) in [5.74, 6) is -0.193. The van der Waals surface area contributed by atoms with Gasteiger partial charge in [0.2, 0.25) is 0 Å². The highest BCUT2D eigenvalue weighted by Gasteiger charge is 2.58. The van der Waals surface area contributed by atoms with E-state index in [1.165, 1.54) is 19.9 Å². The first kappa shape index (κ1) is 22.6. The van der Waals surface area contributed by atoms with Crippen molar-refractivity contribution in [3.8, 4) is 0 Å². The SMILES string of the molecule is O=C1N[C@@](c2ccccn2)(C2CCN(Cc3cc4ccccc4s3)CC2)C(=O)N1C[C@H]1CCCO1. The van der Waals surface area contributed by atoms with Crippen molar-refractivity contribution in [3.63, 3.8) is 0 Å². The maximum Gasteiger partial charge on any atom is 0.325 e. The number of likely N-dealkylation sites (tertiary alicyclic amines) is 1. The van der Waals surface area contributed by atoms with Gasteiger partial charge in [0, 0.05) is 28.9 Å². The Morgan fingerprint density at radius 1 is 1.09 bits per heavy atom. The van der Waals surface area contributed by atoms with Gasteiger partial charge in [-0.1, -0.05) is 24.3 Å². The van der Waals surface area contributed by atoms with Crippen molar-refractivity contribution < 1.29 is 14.3 Å². The lowest BCUT2D eigenvalue weighted by atomic mass is 9.75. The molecule has 182 valence electrons. The van der Waals surface area contributed by atoms with E-state index in [9.17, 15) is 9.59 Å². The molecule has 8 heteroatoms. The number of rotatable bonds is 6. The van der Waals surface area contributed by atoms with E-state index < -0.39 is 5.54 Å². The van der Waals surface area contributed by atoms with E-state index in [0.717, 1.165) is 45.3 Å². The summed E-state index contributed by atoms with van der Waals surface area (Å²) in [7, 11) is 0. The van der Waals surface area contributed by atoms with Crippen molar-refractivity contribution in [2.75, 3.05) is 26.2 Å². The molecule has 3 aromatic rings. The lowest BCUT2D eigenvalue weighted by molar-refractivity contribution is -0.135. The van der Waals surface area contributed by atoms with Gasteiger partial charge in [-0.15, -0.1) is 11.3 Å². The Kier molecular flexibility index (Phi) is 6.04. The van der Waals surface area contributed by atoms with Gasteiger partial charge in [-0.25, -0.2) is 4.79 Å². The number of imide groups is 1. The minimum Gasteiger partial charge on any atom is -0.376 e. The van der Waals surface area contributed by atoms with Crippen LogP contribution in [0.5, 0.6) is 0 Å². The van der Waals surface area contributed by atoms with Crippen LogP contribution in [0, 0.1) is 5.92 Å². The van der Waals surface area contributed by atoms with Gasteiger partial charge >= 0.3 is 6.03 Å². The molecule has 0 aliphatic carbocycles. The second-order valence-corrected chi connectivity index (χ2v) is 11.0. The Hall–Kier alpha value is -2.81. The third-order valence-electron chi connectivity index (χ3n) is 7.67. The zero-order valence-electron chi connectivity index (χ0n) is 19.7. The molecule has 1 N–H and O–H groups in total. The maximum absolute atomic E-state index is 13.9. The first-order valence-electron chi connectivity index (χ1n) is 12.5. The van der Waals surface area contributed by atoms with Crippen LogP contribution in [0.4, 0.5) is 4.79 Å². The van der Waals surface area contributed by atoms with Gasteiger partial charge in [-0.3, -0.25) is 19.6 Å². The molecule has 0 radical (unpaired) electrons. The van der Waals surface area contributed by atoms with E-state index in [1.807, 2.05) is 29.5 Å². The number of pyridine rings is 1. The number of carbonyl (C=O) groups excluding carboxylic acids is 2. The van der Waals surface area contributed by atoms with Gasteiger partial charge in [0.25, 0.3) is 5.91 Å². The molecule has 3 fully saturated rings. The van der Waals surface area contributed by atoms with Crippen LogP contribution in [0.15, 0.2) is 54.7 Å². The van der Waals surface area contributed by atoms with Gasteiger partial charge in [0.15, 0.2) is 5.54 Å². The van der Waals surface area contributed by atoms with E-state index in [0.29, 0.717) is 18.8 Å². The third kappa shape index (κ3) is 4.13. The van der Waals surface area contributed by atoms with Crippen LogP contribution >= 0.6 is 11.3 Å². The fourth-order valence-electron chi connectivity index (χ4n) is 5.87. The number of urea groups is 1. The number of thiophene rings is 1. The molecule has 3 saturated heterocycles. The van der Waals surface area contributed by atoms with Crippen LogP contribution in [-0.4, -0.2) is 59.1 Å². The molecule has 0 unspecified atom stereocenters. The Morgan fingerprint density at radius 3 is 2.66 bits per heavy atom. The molecule has 3 amide bonds. The first-order chi connectivity index (χ1) is 17.1. The predicted octanol–water partition coefficient (Wildman–Crippen LogP) is 4.13. The molecular formula is C27H30N4O3S. The fraction of sp³-hybridized carbons (Fsp3) is 0.444. The smallest absolute Gasteiger partial charge is 0.325 e. The van der Waals surface area contributed by atoms with Crippen molar-refractivity contribution in [1.29, 1.82) is 0 Å². The van der Waals surface area contributed by atoms with Crippen LogP contribution in [0.25, 0.3) is 10.1 Å². The van der Waals surface area contributed by atoms with Crippen molar-refractivity contribution in [3.05, 3.63) is 65.3 Å². The van der Waals surface area contributed by atoms with Gasteiger partial charge in [-0.05, 0) is 74.3 Å². The second-order valence-electron chi connectivity index (χ2n) is 9.80. The van der Waals surface area contributed by atoms with Crippen LogP contribution in [0.2, 0.25) is 0 Å². The molecule has 35 heavy (non-hydrogen) atoms. The third-order valence-corrected chi connectivity index (χ3v) is 8.77. The number of carbonyl (C=O) groups is 2. The lowest BCUT2D eigenvalue weighted by Gasteiger charge is -2.40. The van der Waals surface area contributed by atoms with Gasteiger partial charge < -0.3 is 10.1 Å². The molecular weight excluding hydrogens is 460 g/mol. The van der Waals surface area contributed by atoms with Crippen LogP contribution in [0.1, 0.15) is 36.3 Å². The number of piperidine rings is 1. The number of aromatic nitrogens is 1. The number of hydrogen-bond acceptors (Lipinski definition) is 6. The Bertz CT molecular complexity index is 1180. The van der Waals surface area contributed by atoms with Crippen LogP contribution < -0.4 is 5.32 Å². The van der Waals surface area contributed by atoms with Crippen LogP contribution in [-0.2, 0) is 21.6 Å².